The van der Waals surface area contributed by atoms with Crippen molar-refractivity contribution in [2.45, 2.75) is 13.0 Å². The van der Waals surface area contributed by atoms with Gasteiger partial charge in [0, 0.05) is 6.54 Å². The van der Waals surface area contributed by atoms with E-state index in [0.717, 1.165) is 0 Å². The van der Waals surface area contributed by atoms with E-state index in [-0.39, 0.29) is 6.10 Å². The Kier molecular flexibility index (Phi) is 18.5. The maximum absolute atomic E-state index is 8.24. The second-order valence-electron chi connectivity index (χ2n) is 1.15. The number of hydrogen-bond donors (Lipinski definition) is 2. The molecular weight excluding hydrogens is 371 g/mol. The Morgan fingerprint density at radius 3 is 1.88 bits per heavy atom. The summed E-state index contributed by atoms with van der Waals surface area (Å²) in [5.41, 5.74) is 4.92. The first-order valence-corrected chi connectivity index (χ1v) is 11.0. The van der Waals surface area contributed by atoms with Crippen LogP contribution < -0.4 is 5.73 Å². The number of hydrogen-bond acceptors (Lipinski definition) is 2. The Bertz CT molecular complexity index is 38.5. The van der Waals surface area contributed by atoms with E-state index in [1.807, 2.05) is 0 Å². The van der Waals surface area contributed by atoms with Crippen molar-refractivity contribution in [2.75, 3.05) is 6.54 Å². The summed E-state index contributed by atoms with van der Waals surface area (Å²) >= 11 is 4.74. The SMILES string of the molecule is CC(O)CN.[I][V][I]. The fourth-order valence-corrected chi connectivity index (χ4v) is 0. The zero-order valence-corrected chi connectivity index (χ0v) is 10.2. The molecule has 0 heterocycles. The van der Waals surface area contributed by atoms with E-state index in [9.17, 15) is 0 Å². The van der Waals surface area contributed by atoms with E-state index in [2.05, 4.69) is 40.0 Å². The molecule has 0 spiro atoms. The van der Waals surface area contributed by atoms with Gasteiger partial charge in [-0.05, 0) is 6.92 Å². The number of aliphatic hydroxyl groups is 1. The average Bonchev–Trinajstić information content (AvgIpc) is 1.69. The van der Waals surface area contributed by atoms with Crippen LogP contribution in [0.5, 0.6) is 0 Å². The van der Waals surface area contributed by atoms with Gasteiger partial charge >= 0.3 is 49.4 Å². The van der Waals surface area contributed by atoms with Crippen molar-refractivity contribution in [3.63, 3.8) is 0 Å². The number of rotatable bonds is 1. The molecule has 0 aromatic carbocycles. The third-order valence-corrected chi connectivity index (χ3v) is 0.341. The molecule has 1 atom stereocenters. The number of halogens is 2. The molecule has 2 nitrogen and oxygen atoms in total. The molecule has 0 rings (SSSR count). The Labute approximate surface area is 78.8 Å². The normalized spacial score (nSPS) is 11.1. The van der Waals surface area contributed by atoms with Crippen LogP contribution in [0.25, 0.3) is 0 Å². The topological polar surface area (TPSA) is 46.2 Å². The first-order valence-electron chi connectivity index (χ1n) is 1.99. The summed E-state index contributed by atoms with van der Waals surface area (Å²) < 4.78 is 0. The van der Waals surface area contributed by atoms with E-state index < -0.39 is 0 Å². The molecule has 0 aliphatic heterocycles. The van der Waals surface area contributed by atoms with Crippen LogP contribution in [0, 0.1) is 0 Å². The van der Waals surface area contributed by atoms with Crippen LogP contribution in [0.15, 0.2) is 0 Å². The molecule has 5 heteroatoms. The van der Waals surface area contributed by atoms with Gasteiger partial charge in [0.15, 0.2) is 0 Å². The minimum absolute atomic E-state index is 0.338. The van der Waals surface area contributed by atoms with Crippen LogP contribution in [0.4, 0.5) is 0 Å². The van der Waals surface area contributed by atoms with Gasteiger partial charge < -0.3 is 10.8 Å². The fraction of sp³-hybridized carbons (Fsp3) is 1.00. The molecule has 0 aliphatic rings. The quantitative estimate of drug-likeness (QED) is 0.670. The van der Waals surface area contributed by atoms with Gasteiger partial charge in [-0.15, -0.1) is 0 Å². The van der Waals surface area contributed by atoms with E-state index in [1.165, 1.54) is 0 Å². The Hall–Kier alpha value is 1.96. The summed E-state index contributed by atoms with van der Waals surface area (Å²) in [4.78, 5) is 0. The van der Waals surface area contributed by atoms with Crippen molar-refractivity contribution in [3.05, 3.63) is 0 Å². The zero-order chi connectivity index (χ0) is 6.99. The van der Waals surface area contributed by atoms with Crippen LogP contribution >= 0.6 is 40.0 Å². The third-order valence-electron chi connectivity index (χ3n) is 0.341. The van der Waals surface area contributed by atoms with Crippen molar-refractivity contribution >= 4 is 40.0 Å². The summed E-state index contributed by atoms with van der Waals surface area (Å²) in [6.45, 7) is 2.01. The van der Waals surface area contributed by atoms with Gasteiger partial charge in [-0.2, -0.15) is 0 Å². The monoisotopic (exact) mass is 380 g/mol. The first kappa shape index (κ1) is 12.6. The molecule has 0 aromatic rings. The fourth-order valence-electron chi connectivity index (χ4n) is 0. The van der Waals surface area contributed by atoms with Gasteiger partial charge in [-0.25, -0.2) is 0 Å². The molecule has 0 amide bonds. The molecule has 0 fully saturated rings. The average molecular weight is 380 g/mol. The molecule has 0 saturated carbocycles. The standard InChI is InChI=1S/C3H9NO.2HI.V/c1-3(5)2-4;;;/h3,5H,2,4H2,1H3;2*1H;/q;;;+2/p-2. The van der Waals surface area contributed by atoms with Crippen molar-refractivity contribution in [1.82, 2.24) is 0 Å². The molecule has 51 valence electrons. The second-order valence-corrected chi connectivity index (χ2v) is 12.9. The van der Waals surface area contributed by atoms with Crippen LogP contribution in [-0.2, 0) is 9.47 Å². The van der Waals surface area contributed by atoms with Crippen molar-refractivity contribution in [3.8, 4) is 0 Å². The molecule has 3 N–H and O–H groups in total. The molecule has 0 radical (unpaired) electrons. The summed E-state index contributed by atoms with van der Waals surface area (Å²) in [5.74, 6) is 0. The van der Waals surface area contributed by atoms with E-state index in [4.69, 9.17) is 10.8 Å². The van der Waals surface area contributed by atoms with Crippen LogP contribution in [0.3, 0.4) is 0 Å². The van der Waals surface area contributed by atoms with E-state index in [1.54, 1.807) is 6.92 Å². The molecule has 1 unspecified atom stereocenters. The Morgan fingerprint density at radius 2 is 1.88 bits per heavy atom. The van der Waals surface area contributed by atoms with Gasteiger partial charge in [-0.1, -0.05) is 0 Å². The summed E-state index contributed by atoms with van der Waals surface area (Å²) in [7, 11) is 0.628. The summed E-state index contributed by atoms with van der Waals surface area (Å²) in [6.07, 6.45) is -0.338. The molecule has 0 saturated heterocycles. The summed E-state index contributed by atoms with van der Waals surface area (Å²) in [6, 6.07) is 0. The number of aliphatic hydroxyl groups excluding tert-OH is 1. The van der Waals surface area contributed by atoms with Gasteiger partial charge in [0.05, 0.1) is 6.10 Å². The molecule has 0 aromatic heterocycles. The minimum atomic E-state index is -0.338. The molecule has 0 aliphatic carbocycles. The summed E-state index contributed by atoms with van der Waals surface area (Å²) in [5, 5.41) is 8.24. The maximum atomic E-state index is 8.24. The predicted octanol–water partition coefficient (Wildman–Crippen LogP) is 1.09. The van der Waals surface area contributed by atoms with Crippen LogP contribution in [0.1, 0.15) is 6.92 Å². The Balaban J connectivity index is 0. The van der Waals surface area contributed by atoms with Crippen molar-refractivity contribution < 1.29 is 14.6 Å². The predicted molar refractivity (Wildman–Crippen MR) is 48.8 cm³/mol. The molecule has 0 bridgehead atoms. The third kappa shape index (κ3) is 24.6. The van der Waals surface area contributed by atoms with Crippen molar-refractivity contribution in [2.24, 2.45) is 5.73 Å². The molecule has 8 heavy (non-hydrogen) atoms. The van der Waals surface area contributed by atoms with Gasteiger partial charge in [-0.3, -0.25) is 0 Å². The van der Waals surface area contributed by atoms with E-state index in [0.29, 0.717) is 16.0 Å². The molecular formula is C3H9I2NOV. The Morgan fingerprint density at radius 1 is 1.75 bits per heavy atom. The zero-order valence-electron chi connectivity index (χ0n) is 4.51. The second kappa shape index (κ2) is 11.7. The van der Waals surface area contributed by atoms with Crippen molar-refractivity contribution in [1.29, 1.82) is 0 Å². The first-order chi connectivity index (χ1) is 3.68. The van der Waals surface area contributed by atoms with Crippen LogP contribution in [0.2, 0.25) is 0 Å². The van der Waals surface area contributed by atoms with Gasteiger partial charge in [0.2, 0.25) is 0 Å². The van der Waals surface area contributed by atoms with E-state index >= 15 is 0 Å². The van der Waals surface area contributed by atoms with Crippen LogP contribution in [-0.4, -0.2) is 17.8 Å². The van der Waals surface area contributed by atoms with Gasteiger partial charge in [0.1, 0.15) is 0 Å². The van der Waals surface area contributed by atoms with Gasteiger partial charge in [0.25, 0.3) is 0 Å². The number of nitrogens with two attached hydrogens (primary N) is 1.